The zero-order valence-corrected chi connectivity index (χ0v) is 18.8. The Morgan fingerprint density at radius 2 is 1.91 bits per heavy atom. The van der Waals surface area contributed by atoms with Crippen molar-refractivity contribution in [1.29, 1.82) is 0 Å². The Kier molecular flexibility index (Phi) is 5.84. The number of aromatic nitrogens is 3. The summed E-state index contributed by atoms with van der Waals surface area (Å²) >= 11 is 7.23. The maximum atomic E-state index is 13.1. The molecule has 2 aliphatic rings. The van der Waals surface area contributed by atoms with Crippen molar-refractivity contribution in [3.8, 4) is 22.9 Å². The molecule has 166 valence electrons. The van der Waals surface area contributed by atoms with Gasteiger partial charge in [0.25, 0.3) is 0 Å². The molecule has 1 aromatic heterocycles. The Bertz CT molecular complexity index is 1140. The summed E-state index contributed by atoms with van der Waals surface area (Å²) in [6.45, 7) is 1.82. The molecule has 2 aliphatic heterocycles. The third-order valence-electron chi connectivity index (χ3n) is 5.62. The Labute approximate surface area is 194 Å². The van der Waals surface area contributed by atoms with Crippen LogP contribution in [0.4, 0.5) is 0 Å². The quantitative estimate of drug-likeness (QED) is 0.449. The molecule has 0 saturated carbocycles. The summed E-state index contributed by atoms with van der Waals surface area (Å²) in [6.07, 6.45) is 1.88. The maximum absolute atomic E-state index is 13.1. The fraction of sp³-hybridized carbons (Fsp3) is 0.318. The van der Waals surface area contributed by atoms with Gasteiger partial charge in [-0.1, -0.05) is 29.4 Å². The summed E-state index contributed by atoms with van der Waals surface area (Å²) < 4.78 is 12.7. The van der Waals surface area contributed by atoms with Gasteiger partial charge in [-0.2, -0.15) is 0 Å². The Morgan fingerprint density at radius 1 is 1.12 bits per heavy atom. The number of hydrogen-bond acceptors (Lipinski definition) is 7. The van der Waals surface area contributed by atoms with Crippen molar-refractivity contribution in [3.05, 3.63) is 53.1 Å². The first-order chi connectivity index (χ1) is 15.6. The smallest absolute Gasteiger partial charge is 0.233 e. The molecule has 1 amide bonds. The third kappa shape index (κ3) is 4.10. The van der Waals surface area contributed by atoms with E-state index in [2.05, 4.69) is 10.2 Å². The number of likely N-dealkylation sites (tertiary alicyclic amines) is 1. The van der Waals surface area contributed by atoms with Crippen LogP contribution in [0.1, 0.15) is 24.4 Å². The van der Waals surface area contributed by atoms with E-state index in [4.69, 9.17) is 26.9 Å². The molecule has 1 atom stereocenters. The van der Waals surface area contributed by atoms with Gasteiger partial charge in [-0.15, -0.1) is 10.2 Å². The Morgan fingerprint density at radius 3 is 2.72 bits per heavy atom. The Balaban J connectivity index is 1.26. The number of nitrogens with two attached hydrogens (primary N) is 1. The van der Waals surface area contributed by atoms with Crippen LogP contribution < -0.4 is 15.3 Å². The monoisotopic (exact) mass is 471 g/mol. The van der Waals surface area contributed by atoms with Gasteiger partial charge in [0.05, 0.1) is 11.8 Å². The van der Waals surface area contributed by atoms with Crippen molar-refractivity contribution in [2.75, 3.05) is 31.4 Å². The molecule has 2 aromatic carbocycles. The number of benzene rings is 2. The van der Waals surface area contributed by atoms with E-state index in [1.165, 1.54) is 16.4 Å². The second kappa shape index (κ2) is 8.91. The van der Waals surface area contributed by atoms with Gasteiger partial charge in [-0.25, -0.2) is 4.68 Å². The van der Waals surface area contributed by atoms with Gasteiger partial charge in [0.2, 0.25) is 11.1 Å². The fourth-order valence-corrected chi connectivity index (χ4v) is 4.93. The minimum Gasteiger partial charge on any atom is -0.486 e. The van der Waals surface area contributed by atoms with Crippen LogP contribution in [-0.2, 0) is 4.79 Å². The first-order valence-electron chi connectivity index (χ1n) is 10.4. The second-order valence-electron chi connectivity index (χ2n) is 7.62. The summed E-state index contributed by atoms with van der Waals surface area (Å²) in [5.41, 5.74) is 1.87. The zero-order chi connectivity index (χ0) is 22.1. The highest BCUT2D eigenvalue weighted by Crippen LogP contribution is 2.38. The van der Waals surface area contributed by atoms with E-state index < -0.39 is 0 Å². The normalized spacial score (nSPS) is 17.5. The standard InChI is InChI=1S/C22H22ClN5O3S/c23-16-6-3-14(4-7-16)21-25-26-22(28(21)24)32-13-20(29)27-9-1-2-17(27)15-5-8-18-19(12-15)31-11-10-30-18/h3-8,12,17H,1-2,9-11,13,24H2. The zero-order valence-electron chi connectivity index (χ0n) is 17.2. The van der Waals surface area contributed by atoms with E-state index in [1.807, 2.05) is 35.2 Å². The molecular formula is C22H22ClN5O3S. The van der Waals surface area contributed by atoms with Crippen LogP contribution in [0.25, 0.3) is 11.4 Å². The molecule has 0 spiro atoms. The second-order valence-corrected chi connectivity index (χ2v) is 9.00. The lowest BCUT2D eigenvalue weighted by Crippen LogP contribution is -2.32. The van der Waals surface area contributed by atoms with Crippen LogP contribution in [0.3, 0.4) is 0 Å². The van der Waals surface area contributed by atoms with E-state index in [-0.39, 0.29) is 17.7 Å². The average molecular weight is 472 g/mol. The predicted octanol–water partition coefficient (Wildman–Crippen LogP) is 3.54. The number of rotatable bonds is 5. The minimum absolute atomic E-state index is 0.0271. The van der Waals surface area contributed by atoms with Crippen molar-refractivity contribution in [2.24, 2.45) is 0 Å². The highest BCUT2D eigenvalue weighted by molar-refractivity contribution is 7.99. The lowest BCUT2D eigenvalue weighted by atomic mass is 10.0. The number of nitrogens with zero attached hydrogens (tertiary/aromatic N) is 4. The highest BCUT2D eigenvalue weighted by Gasteiger charge is 2.31. The van der Waals surface area contributed by atoms with Gasteiger partial charge in [0.15, 0.2) is 17.3 Å². The molecule has 5 rings (SSSR count). The number of carbonyl (C=O) groups is 1. The van der Waals surface area contributed by atoms with Crippen LogP contribution in [0, 0.1) is 0 Å². The van der Waals surface area contributed by atoms with Crippen LogP contribution in [0.5, 0.6) is 11.5 Å². The van der Waals surface area contributed by atoms with E-state index in [0.29, 0.717) is 29.2 Å². The molecule has 10 heteroatoms. The minimum atomic E-state index is 0.0271. The van der Waals surface area contributed by atoms with Crippen LogP contribution in [-0.4, -0.2) is 51.2 Å². The summed E-state index contributed by atoms with van der Waals surface area (Å²) in [4.78, 5) is 15.0. The lowest BCUT2D eigenvalue weighted by Gasteiger charge is -2.26. The lowest BCUT2D eigenvalue weighted by molar-refractivity contribution is -0.129. The topological polar surface area (TPSA) is 95.5 Å². The molecule has 3 aromatic rings. The molecule has 3 heterocycles. The average Bonchev–Trinajstić information content (AvgIpc) is 3.45. The van der Waals surface area contributed by atoms with Crippen molar-refractivity contribution in [3.63, 3.8) is 0 Å². The molecule has 32 heavy (non-hydrogen) atoms. The Hall–Kier alpha value is -2.91. The van der Waals surface area contributed by atoms with E-state index >= 15 is 0 Å². The maximum Gasteiger partial charge on any atom is 0.233 e. The molecule has 8 nitrogen and oxygen atoms in total. The molecule has 2 N–H and O–H groups in total. The summed E-state index contributed by atoms with van der Waals surface area (Å²) in [7, 11) is 0. The molecule has 1 saturated heterocycles. The summed E-state index contributed by atoms with van der Waals surface area (Å²) in [6, 6.07) is 13.2. The van der Waals surface area contributed by atoms with Gasteiger partial charge in [0, 0.05) is 17.1 Å². The number of carbonyl (C=O) groups excluding carboxylic acids is 1. The predicted molar refractivity (Wildman–Crippen MR) is 122 cm³/mol. The highest BCUT2D eigenvalue weighted by atomic mass is 35.5. The van der Waals surface area contributed by atoms with Crippen LogP contribution in [0.15, 0.2) is 47.6 Å². The van der Waals surface area contributed by atoms with Crippen molar-refractivity contribution >= 4 is 29.3 Å². The molecule has 0 bridgehead atoms. The third-order valence-corrected chi connectivity index (χ3v) is 6.80. The van der Waals surface area contributed by atoms with E-state index in [0.717, 1.165) is 42.0 Å². The van der Waals surface area contributed by atoms with Gasteiger partial charge in [-0.05, 0) is 54.8 Å². The summed E-state index contributed by atoms with van der Waals surface area (Å²) in [5.74, 6) is 8.48. The van der Waals surface area contributed by atoms with Crippen molar-refractivity contribution < 1.29 is 14.3 Å². The van der Waals surface area contributed by atoms with Gasteiger partial charge < -0.3 is 20.2 Å². The van der Waals surface area contributed by atoms with Crippen molar-refractivity contribution in [2.45, 2.75) is 24.0 Å². The van der Waals surface area contributed by atoms with Crippen LogP contribution >= 0.6 is 23.4 Å². The fourth-order valence-electron chi connectivity index (χ4n) is 4.06. The molecule has 1 fully saturated rings. The number of nitrogen functional groups attached to an aromatic ring is 1. The summed E-state index contributed by atoms with van der Waals surface area (Å²) in [5, 5.41) is 9.44. The van der Waals surface area contributed by atoms with Gasteiger partial charge >= 0.3 is 0 Å². The molecule has 1 unspecified atom stereocenters. The van der Waals surface area contributed by atoms with Gasteiger partial charge in [-0.3, -0.25) is 4.79 Å². The molecular weight excluding hydrogens is 450 g/mol. The van der Waals surface area contributed by atoms with Crippen molar-refractivity contribution in [1.82, 2.24) is 19.8 Å². The first-order valence-corrected chi connectivity index (χ1v) is 11.7. The number of thioether (sulfide) groups is 1. The van der Waals surface area contributed by atoms with E-state index in [9.17, 15) is 4.79 Å². The number of ether oxygens (including phenoxy) is 2. The molecule has 0 radical (unpaired) electrons. The number of fused-ring (bicyclic) bond motifs is 1. The molecule has 0 aliphatic carbocycles. The SMILES string of the molecule is Nn1c(SCC(=O)N2CCCC2c2ccc3c(c2)OCCO3)nnc1-c1ccc(Cl)cc1. The first kappa shape index (κ1) is 21.0. The van der Waals surface area contributed by atoms with Crippen LogP contribution in [0.2, 0.25) is 5.02 Å². The van der Waals surface area contributed by atoms with E-state index in [1.54, 1.807) is 12.1 Å². The number of amides is 1. The van der Waals surface area contributed by atoms with Gasteiger partial charge in [0.1, 0.15) is 13.2 Å². The number of halogens is 1. The number of hydrogen-bond donors (Lipinski definition) is 1. The largest absolute Gasteiger partial charge is 0.486 e.